The first-order valence-electron chi connectivity index (χ1n) is 6.70. The van der Waals surface area contributed by atoms with Gasteiger partial charge in [-0.15, -0.1) is 0 Å². The molecule has 2 aromatic rings. The van der Waals surface area contributed by atoms with E-state index in [2.05, 4.69) is 15.2 Å². The summed E-state index contributed by atoms with van der Waals surface area (Å²) < 4.78 is 39.2. The standard InChI is InChI=1S/C14H15F3N4O/c15-14(16,17)13(11-4-2-6-18-9-11)21-12(22)5-1-3-10-7-19-20-8-10/h2,4,6-9,13H,1,3,5H2,(H,19,20)(H,21,22)/t13-/m1/s1. The average Bonchev–Trinajstić information content (AvgIpc) is 2.98. The fourth-order valence-electron chi connectivity index (χ4n) is 2.00. The summed E-state index contributed by atoms with van der Waals surface area (Å²) in [6.45, 7) is 0. The summed E-state index contributed by atoms with van der Waals surface area (Å²) in [7, 11) is 0. The van der Waals surface area contributed by atoms with Crippen molar-refractivity contribution in [2.75, 3.05) is 0 Å². The van der Waals surface area contributed by atoms with Crippen molar-refractivity contribution in [2.45, 2.75) is 31.5 Å². The molecule has 0 fully saturated rings. The molecule has 1 atom stereocenters. The molecule has 0 aromatic carbocycles. The van der Waals surface area contributed by atoms with Crippen LogP contribution < -0.4 is 5.32 Å². The Bertz CT molecular complexity index is 584. The number of hydrogen-bond acceptors (Lipinski definition) is 3. The van der Waals surface area contributed by atoms with Crippen LogP contribution in [0.15, 0.2) is 36.9 Å². The molecule has 0 radical (unpaired) electrons. The van der Waals surface area contributed by atoms with Crippen LogP contribution in [0, 0.1) is 0 Å². The molecule has 0 saturated heterocycles. The van der Waals surface area contributed by atoms with Crippen molar-refractivity contribution in [2.24, 2.45) is 0 Å². The first kappa shape index (κ1) is 16.0. The molecule has 0 bridgehead atoms. The first-order chi connectivity index (χ1) is 10.5. The molecule has 5 nitrogen and oxygen atoms in total. The van der Waals surface area contributed by atoms with E-state index in [0.29, 0.717) is 12.8 Å². The van der Waals surface area contributed by atoms with E-state index in [1.165, 1.54) is 18.3 Å². The van der Waals surface area contributed by atoms with Gasteiger partial charge in [-0.3, -0.25) is 14.9 Å². The highest BCUT2D eigenvalue weighted by Gasteiger charge is 2.41. The van der Waals surface area contributed by atoms with Crippen molar-refractivity contribution in [3.63, 3.8) is 0 Å². The molecule has 8 heteroatoms. The molecule has 22 heavy (non-hydrogen) atoms. The molecule has 2 aromatic heterocycles. The number of pyridine rings is 1. The van der Waals surface area contributed by atoms with E-state index in [1.807, 2.05) is 5.32 Å². The largest absolute Gasteiger partial charge is 0.412 e. The van der Waals surface area contributed by atoms with Gasteiger partial charge in [0, 0.05) is 30.6 Å². The highest BCUT2D eigenvalue weighted by atomic mass is 19.4. The number of alkyl halides is 3. The minimum Gasteiger partial charge on any atom is -0.341 e. The Balaban J connectivity index is 1.91. The van der Waals surface area contributed by atoms with Gasteiger partial charge < -0.3 is 5.32 Å². The Kier molecular flexibility index (Phi) is 5.13. The topological polar surface area (TPSA) is 70.7 Å². The molecule has 1 amide bonds. The third-order valence-corrected chi connectivity index (χ3v) is 3.07. The minimum absolute atomic E-state index is 0.0119. The van der Waals surface area contributed by atoms with Crippen LogP contribution in [0.3, 0.4) is 0 Å². The zero-order valence-electron chi connectivity index (χ0n) is 11.6. The van der Waals surface area contributed by atoms with Gasteiger partial charge in [-0.25, -0.2) is 0 Å². The number of carbonyl (C=O) groups is 1. The van der Waals surface area contributed by atoms with Crippen LogP contribution in [0.1, 0.15) is 30.0 Å². The van der Waals surface area contributed by atoms with Gasteiger partial charge in [0.2, 0.25) is 5.91 Å². The summed E-state index contributed by atoms with van der Waals surface area (Å²) in [5.41, 5.74) is 0.825. The van der Waals surface area contributed by atoms with Crippen LogP contribution in [0.5, 0.6) is 0 Å². The quantitative estimate of drug-likeness (QED) is 0.861. The average molecular weight is 312 g/mol. The van der Waals surface area contributed by atoms with Crippen LogP contribution in [-0.2, 0) is 11.2 Å². The van der Waals surface area contributed by atoms with Gasteiger partial charge in [-0.1, -0.05) is 6.07 Å². The van der Waals surface area contributed by atoms with Gasteiger partial charge in [-0.05, 0) is 24.5 Å². The van der Waals surface area contributed by atoms with Crippen LogP contribution in [-0.4, -0.2) is 27.3 Å². The summed E-state index contributed by atoms with van der Waals surface area (Å²) in [6, 6.07) is 0.651. The van der Waals surface area contributed by atoms with Gasteiger partial charge >= 0.3 is 6.18 Å². The highest BCUT2D eigenvalue weighted by Crippen LogP contribution is 2.32. The maximum Gasteiger partial charge on any atom is 0.412 e. The summed E-state index contributed by atoms with van der Waals surface area (Å²) in [6.07, 6.45) is 2.25. The van der Waals surface area contributed by atoms with Crippen LogP contribution in [0.25, 0.3) is 0 Å². The van der Waals surface area contributed by atoms with Gasteiger partial charge in [0.05, 0.1) is 6.20 Å². The number of halogens is 3. The predicted molar refractivity (Wildman–Crippen MR) is 72.7 cm³/mol. The van der Waals surface area contributed by atoms with E-state index < -0.39 is 18.1 Å². The smallest absolute Gasteiger partial charge is 0.341 e. The number of amides is 1. The fraction of sp³-hybridized carbons (Fsp3) is 0.357. The molecular weight excluding hydrogens is 297 g/mol. The van der Waals surface area contributed by atoms with E-state index in [9.17, 15) is 18.0 Å². The number of aromatic amines is 1. The molecule has 0 spiro atoms. The molecule has 118 valence electrons. The van der Waals surface area contributed by atoms with E-state index in [-0.39, 0.29) is 12.0 Å². The van der Waals surface area contributed by atoms with Crippen molar-refractivity contribution in [3.05, 3.63) is 48.0 Å². The van der Waals surface area contributed by atoms with E-state index >= 15 is 0 Å². The number of rotatable bonds is 6. The van der Waals surface area contributed by atoms with Crippen LogP contribution in [0.4, 0.5) is 13.2 Å². The van der Waals surface area contributed by atoms with Crippen LogP contribution in [0.2, 0.25) is 0 Å². The lowest BCUT2D eigenvalue weighted by atomic mass is 10.1. The van der Waals surface area contributed by atoms with E-state index in [1.54, 1.807) is 12.4 Å². The van der Waals surface area contributed by atoms with Crippen molar-refractivity contribution in [3.8, 4) is 0 Å². The third kappa shape index (κ3) is 4.57. The number of aromatic nitrogens is 3. The van der Waals surface area contributed by atoms with E-state index in [0.717, 1.165) is 11.8 Å². The fourth-order valence-corrected chi connectivity index (χ4v) is 2.00. The second-order valence-electron chi connectivity index (χ2n) is 4.79. The lowest BCUT2D eigenvalue weighted by Gasteiger charge is -2.21. The van der Waals surface area contributed by atoms with Crippen LogP contribution >= 0.6 is 0 Å². The van der Waals surface area contributed by atoms with Gasteiger partial charge in [0.15, 0.2) is 6.04 Å². The highest BCUT2D eigenvalue weighted by molar-refractivity contribution is 5.76. The van der Waals surface area contributed by atoms with Crippen molar-refractivity contribution in [1.29, 1.82) is 0 Å². The number of carbonyl (C=O) groups excluding carboxylic acids is 1. The molecule has 0 aliphatic carbocycles. The number of nitrogens with one attached hydrogen (secondary N) is 2. The summed E-state index contributed by atoms with van der Waals surface area (Å²) in [5, 5.41) is 8.42. The number of nitrogens with zero attached hydrogens (tertiary/aromatic N) is 2. The number of H-pyrrole nitrogens is 1. The monoisotopic (exact) mass is 312 g/mol. The van der Waals surface area contributed by atoms with Crippen molar-refractivity contribution < 1.29 is 18.0 Å². The first-order valence-corrected chi connectivity index (χ1v) is 6.70. The third-order valence-electron chi connectivity index (χ3n) is 3.07. The summed E-state index contributed by atoms with van der Waals surface area (Å²) in [4.78, 5) is 15.4. The molecule has 0 unspecified atom stereocenters. The summed E-state index contributed by atoms with van der Waals surface area (Å²) >= 11 is 0. The maximum absolute atomic E-state index is 13.1. The molecule has 2 N–H and O–H groups in total. The van der Waals surface area contributed by atoms with Crippen molar-refractivity contribution in [1.82, 2.24) is 20.5 Å². The SMILES string of the molecule is O=C(CCCc1cn[nH]c1)N[C@H](c1cccnc1)C(F)(F)F. The zero-order valence-corrected chi connectivity index (χ0v) is 11.6. The molecule has 0 aliphatic heterocycles. The number of aryl methyl sites for hydroxylation is 1. The molecular formula is C14H15F3N4O. The van der Waals surface area contributed by atoms with Gasteiger partial charge in [-0.2, -0.15) is 18.3 Å². The Labute approximate surface area is 125 Å². The normalized spacial score (nSPS) is 12.9. The Morgan fingerprint density at radius 2 is 2.18 bits per heavy atom. The molecule has 2 rings (SSSR count). The lowest BCUT2D eigenvalue weighted by Crippen LogP contribution is -2.38. The van der Waals surface area contributed by atoms with Gasteiger partial charge in [0.25, 0.3) is 0 Å². The lowest BCUT2D eigenvalue weighted by molar-refractivity contribution is -0.163. The summed E-state index contributed by atoms with van der Waals surface area (Å²) in [5.74, 6) is -0.644. The Hall–Kier alpha value is -2.38. The Morgan fingerprint density at radius 3 is 2.77 bits per heavy atom. The number of hydrogen-bond donors (Lipinski definition) is 2. The second-order valence-corrected chi connectivity index (χ2v) is 4.79. The molecule has 0 aliphatic rings. The minimum atomic E-state index is -4.57. The van der Waals surface area contributed by atoms with E-state index in [4.69, 9.17) is 0 Å². The Morgan fingerprint density at radius 1 is 1.36 bits per heavy atom. The van der Waals surface area contributed by atoms with Gasteiger partial charge in [0.1, 0.15) is 0 Å². The predicted octanol–water partition coefficient (Wildman–Crippen LogP) is 2.55. The maximum atomic E-state index is 13.1. The second kappa shape index (κ2) is 7.06. The zero-order chi connectivity index (χ0) is 16.0. The van der Waals surface area contributed by atoms with Crippen molar-refractivity contribution >= 4 is 5.91 Å². The molecule has 2 heterocycles. The molecule has 0 saturated carbocycles.